The lowest BCUT2D eigenvalue weighted by Crippen LogP contribution is -2.12. The van der Waals surface area contributed by atoms with Crippen molar-refractivity contribution in [2.45, 2.75) is 5.92 Å². The lowest BCUT2D eigenvalue weighted by atomic mass is 9.95. The van der Waals surface area contributed by atoms with Crippen LogP contribution in [0.15, 0.2) is 70.9 Å². The van der Waals surface area contributed by atoms with E-state index in [9.17, 15) is 9.59 Å². The summed E-state index contributed by atoms with van der Waals surface area (Å²) in [5, 5.41) is 8.38. The largest absolute Gasteiger partial charge is 0.378 e. The molecule has 1 aliphatic rings. The van der Waals surface area contributed by atoms with Crippen LogP contribution < -0.4 is 4.90 Å². The molecule has 0 amide bonds. The fourth-order valence-electron chi connectivity index (χ4n) is 2.49. The van der Waals surface area contributed by atoms with Crippen LogP contribution >= 0.6 is 0 Å². The van der Waals surface area contributed by atoms with Crippen LogP contribution in [-0.4, -0.2) is 25.7 Å². The van der Waals surface area contributed by atoms with Gasteiger partial charge in [0.25, 0.3) is 0 Å². The first-order valence-electron chi connectivity index (χ1n) is 7.59. The second-order valence-corrected chi connectivity index (χ2v) is 5.77. The average Bonchev–Trinajstić information content (AvgIpc) is 2.92. The molecule has 0 aliphatic heterocycles. The molecule has 2 aromatic rings. The Morgan fingerprint density at radius 3 is 1.67 bits per heavy atom. The van der Waals surface area contributed by atoms with Crippen molar-refractivity contribution in [1.29, 1.82) is 0 Å². The summed E-state index contributed by atoms with van der Waals surface area (Å²) in [5.41, 5.74) is 3.21. The lowest BCUT2D eigenvalue weighted by Gasteiger charge is -2.11. The van der Waals surface area contributed by atoms with Crippen molar-refractivity contribution < 1.29 is 9.59 Å². The summed E-state index contributed by atoms with van der Waals surface area (Å²) in [6, 6.07) is 14.7. The molecule has 5 nitrogen and oxygen atoms in total. The maximum atomic E-state index is 11.7. The molecule has 24 heavy (non-hydrogen) atoms. The van der Waals surface area contributed by atoms with Gasteiger partial charge >= 0.3 is 0 Å². The first-order chi connectivity index (χ1) is 11.5. The van der Waals surface area contributed by atoms with Crippen molar-refractivity contribution >= 4 is 28.6 Å². The predicted molar refractivity (Wildman–Crippen MR) is 93.3 cm³/mol. The number of anilines is 1. The van der Waals surface area contributed by atoms with E-state index >= 15 is 0 Å². The Balaban J connectivity index is 1.72. The number of ketones is 2. The van der Waals surface area contributed by atoms with Crippen molar-refractivity contribution in [3.8, 4) is 0 Å². The highest BCUT2D eigenvalue weighted by Gasteiger charge is 2.29. The first-order valence-corrected chi connectivity index (χ1v) is 7.59. The van der Waals surface area contributed by atoms with Crippen molar-refractivity contribution in [2.24, 2.45) is 10.2 Å². The van der Waals surface area contributed by atoms with Gasteiger partial charge in [0.2, 0.25) is 0 Å². The summed E-state index contributed by atoms with van der Waals surface area (Å²) in [7, 11) is 3.96. The van der Waals surface area contributed by atoms with E-state index in [1.165, 1.54) is 12.2 Å². The number of carbonyl (C=O) groups is 2. The highest BCUT2D eigenvalue weighted by molar-refractivity contribution is 6.22. The van der Waals surface area contributed by atoms with Gasteiger partial charge < -0.3 is 4.90 Å². The van der Waals surface area contributed by atoms with Gasteiger partial charge in [0.15, 0.2) is 11.6 Å². The quantitative estimate of drug-likeness (QED) is 0.633. The molecule has 0 heterocycles. The fourth-order valence-corrected chi connectivity index (χ4v) is 2.49. The molecule has 1 aliphatic carbocycles. The van der Waals surface area contributed by atoms with Gasteiger partial charge in [-0.25, -0.2) is 0 Å². The minimum absolute atomic E-state index is 0.171. The number of hydrogen-bond acceptors (Lipinski definition) is 5. The number of azo groups is 1. The second-order valence-electron chi connectivity index (χ2n) is 5.77. The normalized spacial score (nSPS) is 14.8. The van der Waals surface area contributed by atoms with Crippen molar-refractivity contribution in [3.05, 3.63) is 66.2 Å². The first kappa shape index (κ1) is 15.8. The molecule has 0 spiro atoms. The Morgan fingerprint density at radius 1 is 0.750 bits per heavy atom. The number of carbonyl (C=O) groups excluding carboxylic acids is 2. The Labute approximate surface area is 140 Å². The van der Waals surface area contributed by atoms with Crippen molar-refractivity contribution in [3.63, 3.8) is 0 Å². The third kappa shape index (κ3) is 3.30. The van der Waals surface area contributed by atoms with E-state index in [0.717, 1.165) is 11.4 Å². The summed E-state index contributed by atoms with van der Waals surface area (Å²) in [6.45, 7) is 0. The molecule has 0 N–H and O–H groups in total. The molecule has 120 valence electrons. The van der Waals surface area contributed by atoms with Gasteiger partial charge in [-0.15, -0.1) is 0 Å². The maximum Gasteiger partial charge on any atom is 0.171 e. The smallest absolute Gasteiger partial charge is 0.171 e. The van der Waals surface area contributed by atoms with E-state index in [1.807, 2.05) is 43.3 Å². The van der Waals surface area contributed by atoms with Crippen molar-refractivity contribution in [1.82, 2.24) is 0 Å². The zero-order valence-corrected chi connectivity index (χ0v) is 13.5. The third-order valence-electron chi connectivity index (χ3n) is 3.85. The van der Waals surface area contributed by atoms with Crippen molar-refractivity contribution in [2.75, 3.05) is 19.0 Å². The molecule has 0 saturated heterocycles. The van der Waals surface area contributed by atoms with Gasteiger partial charge in [-0.05, 0) is 54.1 Å². The Morgan fingerprint density at radius 2 is 1.21 bits per heavy atom. The molecule has 0 radical (unpaired) electrons. The fraction of sp³-hybridized carbons (Fsp3) is 0.158. The standard InChI is InChI=1S/C19H17N3O2/c1-22(2)16-9-7-15(8-10-16)21-20-14-5-3-13(4-6-14)19-17(23)11-12-18(19)24/h3-12,19H,1-2H3. The Bertz CT molecular complexity index is 801. The van der Waals surface area contributed by atoms with Crippen LogP contribution in [0.25, 0.3) is 0 Å². The SMILES string of the molecule is CN(C)c1ccc(N=Nc2ccc(C3C(=O)C=CC3=O)cc2)cc1. The Hall–Kier alpha value is -3.08. The van der Waals surface area contributed by atoms with Gasteiger partial charge in [-0.1, -0.05) is 12.1 Å². The average molecular weight is 319 g/mol. The molecule has 5 heteroatoms. The lowest BCUT2D eigenvalue weighted by molar-refractivity contribution is -0.122. The number of nitrogens with zero attached hydrogens (tertiary/aromatic N) is 3. The summed E-state index contributed by atoms with van der Waals surface area (Å²) in [6.07, 6.45) is 2.66. The van der Waals surface area contributed by atoms with Gasteiger partial charge in [-0.2, -0.15) is 10.2 Å². The van der Waals surface area contributed by atoms with Crippen LogP contribution in [0, 0.1) is 0 Å². The van der Waals surface area contributed by atoms with E-state index in [-0.39, 0.29) is 11.6 Å². The van der Waals surface area contributed by atoms with Gasteiger partial charge in [0, 0.05) is 19.8 Å². The minimum Gasteiger partial charge on any atom is -0.378 e. The summed E-state index contributed by atoms with van der Waals surface area (Å²) in [4.78, 5) is 25.4. The van der Waals surface area contributed by atoms with Crippen LogP contribution in [0.4, 0.5) is 17.1 Å². The molecule has 2 aromatic carbocycles. The summed E-state index contributed by atoms with van der Waals surface area (Å²) >= 11 is 0. The molecule has 3 rings (SSSR count). The molecule has 0 saturated carbocycles. The molecular formula is C19H17N3O2. The predicted octanol–water partition coefficient (Wildman–Crippen LogP) is 3.96. The van der Waals surface area contributed by atoms with Gasteiger partial charge in [0.1, 0.15) is 5.92 Å². The zero-order chi connectivity index (χ0) is 17.1. The molecule has 0 atom stereocenters. The number of rotatable bonds is 4. The van der Waals surface area contributed by atoms with Gasteiger partial charge in [-0.3, -0.25) is 9.59 Å². The second kappa shape index (κ2) is 6.58. The van der Waals surface area contributed by atoms with Crippen LogP contribution in [0.1, 0.15) is 11.5 Å². The van der Waals surface area contributed by atoms with E-state index in [4.69, 9.17) is 0 Å². The monoisotopic (exact) mass is 319 g/mol. The molecule has 0 aromatic heterocycles. The maximum absolute atomic E-state index is 11.7. The molecule has 0 unspecified atom stereocenters. The zero-order valence-electron chi connectivity index (χ0n) is 13.5. The minimum atomic E-state index is -0.699. The van der Waals surface area contributed by atoms with Crippen LogP contribution in [0.5, 0.6) is 0 Å². The number of benzene rings is 2. The van der Waals surface area contributed by atoms with Crippen LogP contribution in [0.3, 0.4) is 0 Å². The highest BCUT2D eigenvalue weighted by atomic mass is 16.2. The summed E-state index contributed by atoms with van der Waals surface area (Å²) in [5.74, 6) is -1.04. The number of hydrogen-bond donors (Lipinski definition) is 0. The van der Waals surface area contributed by atoms with E-state index in [0.29, 0.717) is 11.3 Å². The van der Waals surface area contributed by atoms with E-state index in [1.54, 1.807) is 24.3 Å². The third-order valence-corrected chi connectivity index (χ3v) is 3.85. The number of allylic oxidation sites excluding steroid dienone is 2. The van der Waals surface area contributed by atoms with Gasteiger partial charge in [0.05, 0.1) is 11.4 Å². The topological polar surface area (TPSA) is 62.1 Å². The van der Waals surface area contributed by atoms with Crippen LogP contribution in [-0.2, 0) is 9.59 Å². The van der Waals surface area contributed by atoms with E-state index in [2.05, 4.69) is 10.2 Å². The molecular weight excluding hydrogens is 302 g/mol. The van der Waals surface area contributed by atoms with E-state index < -0.39 is 5.92 Å². The Kier molecular flexibility index (Phi) is 4.33. The molecule has 0 fully saturated rings. The molecule has 0 bridgehead atoms. The summed E-state index contributed by atoms with van der Waals surface area (Å²) < 4.78 is 0. The van der Waals surface area contributed by atoms with Crippen LogP contribution in [0.2, 0.25) is 0 Å². The highest BCUT2D eigenvalue weighted by Crippen LogP contribution is 2.27.